The Bertz CT molecular complexity index is 1210. The number of anilines is 2. The van der Waals surface area contributed by atoms with Gasteiger partial charge in [-0.25, -0.2) is 19.6 Å². The van der Waals surface area contributed by atoms with Crippen LogP contribution >= 0.6 is 0 Å². The fourth-order valence-electron chi connectivity index (χ4n) is 2.67. The van der Waals surface area contributed by atoms with Crippen molar-refractivity contribution in [2.75, 3.05) is 17.2 Å². The van der Waals surface area contributed by atoms with Crippen LogP contribution in [0.3, 0.4) is 0 Å². The van der Waals surface area contributed by atoms with Crippen LogP contribution in [0.1, 0.15) is 29.9 Å². The van der Waals surface area contributed by atoms with E-state index in [4.69, 9.17) is 10.5 Å². The van der Waals surface area contributed by atoms with Crippen molar-refractivity contribution >= 4 is 34.9 Å². The third-order valence-electron chi connectivity index (χ3n) is 4.18. The van der Waals surface area contributed by atoms with E-state index in [2.05, 4.69) is 31.3 Å². The van der Waals surface area contributed by atoms with Gasteiger partial charge in [-0.3, -0.25) is 9.78 Å². The maximum atomic E-state index is 12.1. The molecule has 0 saturated carbocycles. The smallest absolute Gasteiger partial charge is 0.434 e. The van der Waals surface area contributed by atoms with Crippen LogP contribution < -0.4 is 16.2 Å². The number of benzene rings is 1. The zero-order valence-electron chi connectivity index (χ0n) is 17.6. The summed E-state index contributed by atoms with van der Waals surface area (Å²) in [6.45, 7) is 7.93. The van der Waals surface area contributed by atoms with E-state index in [-0.39, 0.29) is 41.7 Å². The van der Waals surface area contributed by atoms with Crippen LogP contribution in [0.15, 0.2) is 48.0 Å². The SMILES string of the molecule is C=CN(Cc1cnc2nc(N)[nH]c(=O)c2n1)c1ccc(C(=O)OC(=O)OCC(C)C)cc1. The molecule has 0 fully saturated rings. The van der Waals surface area contributed by atoms with Gasteiger partial charge >= 0.3 is 12.1 Å². The predicted molar refractivity (Wildman–Crippen MR) is 117 cm³/mol. The fourth-order valence-corrected chi connectivity index (χ4v) is 2.67. The molecule has 2 heterocycles. The lowest BCUT2D eigenvalue weighted by Gasteiger charge is -2.19. The number of hydrogen-bond donors (Lipinski definition) is 2. The van der Waals surface area contributed by atoms with E-state index in [1.54, 1.807) is 23.2 Å². The summed E-state index contributed by atoms with van der Waals surface area (Å²) in [6.07, 6.45) is 2.01. The summed E-state index contributed by atoms with van der Waals surface area (Å²) in [6, 6.07) is 6.32. The summed E-state index contributed by atoms with van der Waals surface area (Å²) < 4.78 is 9.50. The summed E-state index contributed by atoms with van der Waals surface area (Å²) >= 11 is 0. The Balaban J connectivity index is 1.71. The molecular weight excluding hydrogens is 416 g/mol. The van der Waals surface area contributed by atoms with Gasteiger partial charge in [0.05, 0.1) is 30.6 Å². The van der Waals surface area contributed by atoms with Crippen LogP contribution in [-0.2, 0) is 16.0 Å². The van der Waals surface area contributed by atoms with E-state index in [0.29, 0.717) is 11.4 Å². The van der Waals surface area contributed by atoms with Crippen molar-refractivity contribution in [1.82, 2.24) is 19.9 Å². The Morgan fingerprint density at radius 2 is 1.97 bits per heavy atom. The number of H-pyrrole nitrogens is 1. The molecule has 32 heavy (non-hydrogen) atoms. The molecule has 0 spiro atoms. The third kappa shape index (κ3) is 5.45. The first-order valence-corrected chi connectivity index (χ1v) is 9.66. The molecule has 1 aromatic carbocycles. The highest BCUT2D eigenvalue weighted by Gasteiger charge is 2.16. The van der Waals surface area contributed by atoms with Crippen LogP contribution in [0.25, 0.3) is 11.2 Å². The molecule has 2 aromatic heterocycles. The number of esters is 1. The maximum Gasteiger partial charge on any atom is 0.516 e. The summed E-state index contributed by atoms with van der Waals surface area (Å²) in [7, 11) is 0. The van der Waals surface area contributed by atoms with Crippen molar-refractivity contribution in [1.29, 1.82) is 0 Å². The first-order chi connectivity index (χ1) is 15.3. The highest BCUT2D eigenvalue weighted by molar-refractivity contribution is 5.95. The standard InChI is InChI=1S/C21H22N6O5/c1-4-27(10-14-9-23-17-16(24-14)18(28)26-20(22)25-17)15-7-5-13(6-8-15)19(29)32-21(30)31-11-12(2)3/h4-9,12H,1,10-11H2,2-3H3,(H3,22,23,25,26,28). The molecule has 3 N–H and O–H groups in total. The Labute approximate surface area is 182 Å². The largest absolute Gasteiger partial charge is 0.516 e. The molecule has 166 valence electrons. The van der Waals surface area contributed by atoms with E-state index < -0.39 is 17.7 Å². The molecule has 0 saturated heterocycles. The quantitative estimate of drug-likeness (QED) is 0.415. The number of nitrogens with two attached hydrogens (primary N) is 1. The second kappa shape index (κ2) is 9.69. The minimum Gasteiger partial charge on any atom is -0.434 e. The third-order valence-corrected chi connectivity index (χ3v) is 4.18. The first kappa shape index (κ1) is 22.4. The second-order valence-electron chi connectivity index (χ2n) is 7.19. The molecule has 11 heteroatoms. The van der Waals surface area contributed by atoms with E-state index >= 15 is 0 Å². The molecule has 0 atom stereocenters. The van der Waals surface area contributed by atoms with E-state index in [1.807, 2.05) is 13.8 Å². The number of ether oxygens (including phenoxy) is 2. The van der Waals surface area contributed by atoms with Gasteiger partial charge in [-0.15, -0.1) is 0 Å². The van der Waals surface area contributed by atoms with Crippen molar-refractivity contribution in [2.45, 2.75) is 20.4 Å². The highest BCUT2D eigenvalue weighted by atomic mass is 16.7. The van der Waals surface area contributed by atoms with Gasteiger partial charge in [0.1, 0.15) is 0 Å². The van der Waals surface area contributed by atoms with E-state index in [1.165, 1.54) is 18.3 Å². The normalized spacial score (nSPS) is 10.7. The molecule has 0 radical (unpaired) electrons. The van der Waals surface area contributed by atoms with Crippen molar-refractivity contribution < 1.29 is 19.1 Å². The number of rotatable bonds is 7. The molecule has 3 aromatic rings. The molecule has 0 aliphatic carbocycles. The number of nitrogens with zero attached hydrogens (tertiary/aromatic N) is 4. The Kier molecular flexibility index (Phi) is 6.78. The van der Waals surface area contributed by atoms with E-state index in [9.17, 15) is 14.4 Å². The molecule has 0 aliphatic rings. The molecular formula is C21H22N6O5. The second-order valence-corrected chi connectivity index (χ2v) is 7.19. The summed E-state index contributed by atoms with van der Waals surface area (Å²) in [5.74, 6) is -0.729. The van der Waals surface area contributed by atoms with Crippen LogP contribution in [0, 0.1) is 5.92 Å². The number of carbonyl (C=O) groups excluding carboxylic acids is 2. The molecule has 0 amide bonds. The molecule has 0 bridgehead atoms. The maximum absolute atomic E-state index is 12.1. The van der Waals surface area contributed by atoms with Gasteiger partial charge in [-0.05, 0) is 36.4 Å². The van der Waals surface area contributed by atoms with Crippen LogP contribution in [0.2, 0.25) is 0 Å². The molecule has 3 rings (SSSR count). The van der Waals surface area contributed by atoms with Gasteiger partial charge in [0.2, 0.25) is 5.95 Å². The van der Waals surface area contributed by atoms with Gasteiger partial charge in [0.25, 0.3) is 5.56 Å². The predicted octanol–water partition coefficient (Wildman–Crippen LogP) is 2.39. The number of aromatic nitrogens is 4. The Morgan fingerprint density at radius 1 is 1.25 bits per heavy atom. The number of nitrogen functional groups attached to an aromatic ring is 1. The summed E-state index contributed by atoms with van der Waals surface area (Å²) in [5.41, 5.74) is 6.61. The summed E-state index contributed by atoms with van der Waals surface area (Å²) in [5, 5.41) is 0. The van der Waals surface area contributed by atoms with Crippen LogP contribution in [0.5, 0.6) is 0 Å². The van der Waals surface area contributed by atoms with Crippen molar-refractivity contribution in [3.05, 3.63) is 64.9 Å². The topological polar surface area (TPSA) is 153 Å². The van der Waals surface area contributed by atoms with Gasteiger partial charge in [-0.1, -0.05) is 20.4 Å². The lowest BCUT2D eigenvalue weighted by molar-refractivity contribution is 0.0351. The van der Waals surface area contributed by atoms with E-state index in [0.717, 1.165) is 0 Å². The zero-order valence-corrected chi connectivity index (χ0v) is 17.6. The van der Waals surface area contributed by atoms with Crippen LogP contribution in [0.4, 0.5) is 16.4 Å². The Morgan fingerprint density at radius 3 is 2.62 bits per heavy atom. The highest BCUT2D eigenvalue weighted by Crippen LogP contribution is 2.19. The van der Waals surface area contributed by atoms with Crippen molar-refractivity contribution in [3.63, 3.8) is 0 Å². The number of nitrogens with one attached hydrogen (secondary N) is 1. The monoisotopic (exact) mass is 438 g/mol. The number of carbonyl (C=O) groups is 2. The number of aromatic amines is 1. The molecule has 0 unspecified atom stereocenters. The average Bonchev–Trinajstić information content (AvgIpc) is 2.76. The number of hydrogen-bond acceptors (Lipinski definition) is 10. The molecule has 11 nitrogen and oxygen atoms in total. The minimum atomic E-state index is -1.04. The lowest BCUT2D eigenvalue weighted by Crippen LogP contribution is -2.19. The average molecular weight is 438 g/mol. The number of fused-ring (bicyclic) bond motifs is 1. The minimum absolute atomic E-state index is 0.0379. The van der Waals surface area contributed by atoms with Crippen molar-refractivity contribution in [3.8, 4) is 0 Å². The van der Waals surface area contributed by atoms with Crippen molar-refractivity contribution in [2.24, 2.45) is 5.92 Å². The summed E-state index contributed by atoms with van der Waals surface area (Å²) in [4.78, 5) is 52.2. The lowest BCUT2D eigenvalue weighted by atomic mass is 10.2. The van der Waals surface area contributed by atoms with Gasteiger partial charge in [0.15, 0.2) is 11.2 Å². The van der Waals surface area contributed by atoms with Gasteiger partial charge < -0.3 is 20.1 Å². The first-order valence-electron chi connectivity index (χ1n) is 9.66. The zero-order chi connectivity index (χ0) is 23.3. The van der Waals surface area contributed by atoms with Gasteiger partial charge in [-0.2, -0.15) is 4.98 Å². The molecule has 0 aliphatic heterocycles. The fraction of sp³-hybridized carbons (Fsp3) is 0.238. The van der Waals surface area contributed by atoms with Crippen LogP contribution in [-0.4, -0.2) is 38.7 Å². The van der Waals surface area contributed by atoms with Gasteiger partial charge in [0, 0.05) is 5.69 Å². The Hall–Kier alpha value is -4.28.